The van der Waals surface area contributed by atoms with E-state index in [1.54, 1.807) is 0 Å². The highest BCUT2D eigenvalue weighted by molar-refractivity contribution is 5.67. The SMILES string of the molecule is CCNc1ccccc1NN. The fourth-order valence-electron chi connectivity index (χ4n) is 0.954. The van der Waals surface area contributed by atoms with Crippen LogP contribution in [0.5, 0.6) is 0 Å². The van der Waals surface area contributed by atoms with Gasteiger partial charge in [-0.15, -0.1) is 0 Å². The van der Waals surface area contributed by atoms with Crippen LogP contribution in [0, 0.1) is 0 Å². The Balaban J connectivity index is 2.83. The monoisotopic (exact) mass is 151 g/mol. The molecule has 60 valence electrons. The number of para-hydroxylation sites is 2. The number of hydrogen-bond acceptors (Lipinski definition) is 3. The van der Waals surface area contributed by atoms with E-state index >= 15 is 0 Å². The minimum Gasteiger partial charge on any atom is -0.384 e. The van der Waals surface area contributed by atoms with E-state index in [1.165, 1.54) is 0 Å². The summed E-state index contributed by atoms with van der Waals surface area (Å²) < 4.78 is 0. The van der Waals surface area contributed by atoms with Crippen molar-refractivity contribution in [1.29, 1.82) is 0 Å². The van der Waals surface area contributed by atoms with Gasteiger partial charge in [-0.3, -0.25) is 5.84 Å². The molecule has 0 aromatic heterocycles. The Bertz CT molecular complexity index is 222. The third kappa shape index (κ3) is 1.85. The summed E-state index contributed by atoms with van der Waals surface area (Å²) in [5, 5.41) is 3.18. The number of anilines is 2. The Morgan fingerprint density at radius 2 is 1.91 bits per heavy atom. The largest absolute Gasteiger partial charge is 0.384 e. The Hall–Kier alpha value is -1.22. The molecule has 0 heterocycles. The highest BCUT2D eigenvalue weighted by Crippen LogP contribution is 2.18. The van der Waals surface area contributed by atoms with Gasteiger partial charge in [0.15, 0.2) is 0 Å². The van der Waals surface area contributed by atoms with Crippen molar-refractivity contribution >= 4 is 11.4 Å². The first-order valence-corrected chi connectivity index (χ1v) is 3.68. The first-order valence-electron chi connectivity index (χ1n) is 3.68. The Kier molecular flexibility index (Phi) is 2.74. The van der Waals surface area contributed by atoms with Crippen LogP contribution >= 0.6 is 0 Å². The molecule has 11 heavy (non-hydrogen) atoms. The summed E-state index contributed by atoms with van der Waals surface area (Å²) in [5.41, 5.74) is 4.58. The van der Waals surface area contributed by atoms with E-state index in [4.69, 9.17) is 5.84 Å². The van der Waals surface area contributed by atoms with Gasteiger partial charge in [-0.2, -0.15) is 0 Å². The summed E-state index contributed by atoms with van der Waals surface area (Å²) in [6.45, 7) is 2.95. The predicted octanol–water partition coefficient (Wildman–Crippen LogP) is 1.40. The molecule has 0 saturated heterocycles. The molecule has 0 aliphatic heterocycles. The van der Waals surface area contributed by atoms with Crippen LogP contribution in [0.2, 0.25) is 0 Å². The van der Waals surface area contributed by atoms with Crippen molar-refractivity contribution in [3.63, 3.8) is 0 Å². The second-order valence-electron chi connectivity index (χ2n) is 2.22. The molecule has 1 aromatic carbocycles. The fraction of sp³-hybridized carbons (Fsp3) is 0.250. The van der Waals surface area contributed by atoms with Crippen molar-refractivity contribution in [2.45, 2.75) is 6.92 Å². The van der Waals surface area contributed by atoms with Gasteiger partial charge in [0.1, 0.15) is 0 Å². The molecule has 3 nitrogen and oxygen atoms in total. The number of hydrazine groups is 1. The molecule has 0 aliphatic rings. The smallest absolute Gasteiger partial charge is 0.0718 e. The van der Waals surface area contributed by atoms with Gasteiger partial charge in [-0.1, -0.05) is 12.1 Å². The lowest BCUT2D eigenvalue weighted by atomic mass is 10.3. The summed E-state index contributed by atoms with van der Waals surface area (Å²) in [7, 11) is 0. The maximum Gasteiger partial charge on any atom is 0.0718 e. The van der Waals surface area contributed by atoms with Crippen molar-refractivity contribution in [1.82, 2.24) is 0 Å². The average Bonchev–Trinajstić information content (AvgIpc) is 2.06. The molecule has 0 unspecified atom stereocenters. The maximum absolute atomic E-state index is 5.29. The van der Waals surface area contributed by atoms with Crippen LogP contribution in [-0.2, 0) is 0 Å². The van der Waals surface area contributed by atoms with Crippen LogP contribution in [0.25, 0.3) is 0 Å². The second kappa shape index (κ2) is 3.83. The number of nitrogen functional groups attached to an aromatic ring is 1. The Morgan fingerprint density at radius 1 is 1.27 bits per heavy atom. The topological polar surface area (TPSA) is 50.1 Å². The van der Waals surface area contributed by atoms with Crippen molar-refractivity contribution in [3.05, 3.63) is 24.3 Å². The number of rotatable bonds is 3. The van der Waals surface area contributed by atoms with Gasteiger partial charge in [0.2, 0.25) is 0 Å². The standard InChI is InChI=1S/C8H13N3/c1-2-10-7-5-3-4-6-8(7)11-9/h3-6,10-11H,2,9H2,1H3. The third-order valence-corrected chi connectivity index (χ3v) is 1.45. The molecule has 0 atom stereocenters. The van der Waals surface area contributed by atoms with Gasteiger partial charge in [-0.05, 0) is 19.1 Å². The molecule has 0 radical (unpaired) electrons. The molecule has 0 bridgehead atoms. The highest BCUT2D eigenvalue weighted by atomic mass is 15.2. The zero-order chi connectivity index (χ0) is 8.10. The zero-order valence-corrected chi connectivity index (χ0v) is 6.59. The molecule has 3 heteroatoms. The average molecular weight is 151 g/mol. The number of hydrogen-bond donors (Lipinski definition) is 3. The third-order valence-electron chi connectivity index (χ3n) is 1.45. The van der Waals surface area contributed by atoms with Crippen molar-refractivity contribution in [2.24, 2.45) is 5.84 Å². The van der Waals surface area contributed by atoms with E-state index in [0.717, 1.165) is 17.9 Å². The van der Waals surface area contributed by atoms with E-state index in [-0.39, 0.29) is 0 Å². The van der Waals surface area contributed by atoms with Gasteiger partial charge in [-0.25, -0.2) is 0 Å². The maximum atomic E-state index is 5.29. The van der Waals surface area contributed by atoms with Crippen LogP contribution in [0.15, 0.2) is 24.3 Å². The summed E-state index contributed by atoms with van der Waals surface area (Å²) >= 11 is 0. The lowest BCUT2D eigenvalue weighted by Gasteiger charge is -2.08. The van der Waals surface area contributed by atoms with Crippen molar-refractivity contribution in [2.75, 3.05) is 17.3 Å². The van der Waals surface area contributed by atoms with Crippen LogP contribution in [0.3, 0.4) is 0 Å². The lowest BCUT2D eigenvalue weighted by Crippen LogP contribution is -2.09. The molecule has 0 fully saturated rings. The molecule has 1 aromatic rings. The van der Waals surface area contributed by atoms with Crippen molar-refractivity contribution in [3.8, 4) is 0 Å². The van der Waals surface area contributed by atoms with Gasteiger partial charge in [0.25, 0.3) is 0 Å². The lowest BCUT2D eigenvalue weighted by molar-refractivity contribution is 1.20. The van der Waals surface area contributed by atoms with Crippen LogP contribution in [0.4, 0.5) is 11.4 Å². The van der Waals surface area contributed by atoms with E-state index in [2.05, 4.69) is 10.7 Å². The minimum atomic E-state index is 0.901. The Morgan fingerprint density at radius 3 is 2.45 bits per heavy atom. The normalized spacial score (nSPS) is 9.27. The van der Waals surface area contributed by atoms with Gasteiger partial charge < -0.3 is 10.7 Å². The first-order chi connectivity index (χ1) is 5.38. The first kappa shape index (κ1) is 7.88. The number of benzene rings is 1. The zero-order valence-electron chi connectivity index (χ0n) is 6.59. The summed E-state index contributed by atoms with van der Waals surface area (Å²) in [6, 6.07) is 7.82. The highest BCUT2D eigenvalue weighted by Gasteiger charge is 1.95. The van der Waals surface area contributed by atoms with Gasteiger partial charge in [0.05, 0.1) is 11.4 Å². The number of nitrogens with one attached hydrogen (secondary N) is 2. The second-order valence-corrected chi connectivity index (χ2v) is 2.22. The van der Waals surface area contributed by atoms with Gasteiger partial charge >= 0.3 is 0 Å². The Labute approximate surface area is 66.6 Å². The molecule has 0 amide bonds. The van der Waals surface area contributed by atoms with Gasteiger partial charge in [0, 0.05) is 6.54 Å². The summed E-state index contributed by atoms with van der Waals surface area (Å²) in [6.07, 6.45) is 0. The van der Waals surface area contributed by atoms with E-state index in [9.17, 15) is 0 Å². The molecular formula is C8H13N3. The molecule has 0 aliphatic carbocycles. The quantitative estimate of drug-likeness (QED) is 0.452. The fourth-order valence-corrected chi connectivity index (χ4v) is 0.954. The van der Waals surface area contributed by atoms with Crippen LogP contribution in [-0.4, -0.2) is 6.54 Å². The molecule has 0 spiro atoms. The molecule has 1 rings (SSSR count). The van der Waals surface area contributed by atoms with Crippen molar-refractivity contribution < 1.29 is 0 Å². The predicted molar refractivity (Wildman–Crippen MR) is 48.4 cm³/mol. The molecule has 0 saturated carbocycles. The number of nitrogens with two attached hydrogens (primary N) is 1. The molecular weight excluding hydrogens is 138 g/mol. The van der Waals surface area contributed by atoms with E-state index in [0.29, 0.717) is 0 Å². The minimum absolute atomic E-state index is 0.901. The summed E-state index contributed by atoms with van der Waals surface area (Å²) in [5.74, 6) is 5.29. The molecule has 4 N–H and O–H groups in total. The van der Waals surface area contributed by atoms with E-state index < -0.39 is 0 Å². The summed E-state index contributed by atoms with van der Waals surface area (Å²) in [4.78, 5) is 0. The van der Waals surface area contributed by atoms with Crippen LogP contribution in [0.1, 0.15) is 6.92 Å². The van der Waals surface area contributed by atoms with Crippen LogP contribution < -0.4 is 16.6 Å². The van der Waals surface area contributed by atoms with E-state index in [1.807, 2.05) is 31.2 Å².